The zero-order valence-corrected chi connectivity index (χ0v) is 17.4. The number of aromatic nitrogens is 1. The summed E-state index contributed by atoms with van der Waals surface area (Å²) < 4.78 is 29.1. The van der Waals surface area contributed by atoms with Gasteiger partial charge in [0, 0.05) is 36.5 Å². The van der Waals surface area contributed by atoms with Crippen molar-refractivity contribution >= 4 is 27.5 Å². The third-order valence-electron chi connectivity index (χ3n) is 4.79. The van der Waals surface area contributed by atoms with Crippen LogP contribution in [0.3, 0.4) is 0 Å². The fourth-order valence-electron chi connectivity index (χ4n) is 3.03. The van der Waals surface area contributed by atoms with E-state index in [0.717, 1.165) is 22.8 Å². The molecular formula is C20H24ClN3O3S. The van der Waals surface area contributed by atoms with Gasteiger partial charge in [0.05, 0.1) is 18.0 Å². The first-order chi connectivity index (χ1) is 13.3. The van der Waals surface area contributed by atoms with Crippen LogP contribution >= 0.6 is 11.6 Å². The lowest BCUT2D eigenvalue weighted by atomic mass is 10.3. The molecule has 1 aromatic heterocycles. The van der Waals surface area contributed by atoms with Crippen molar-refractivity contribution in [1.82, 2.24) is 13.8 Å². The number of carbonyl (C=O) groups is 1. The van der Waals surface area contributed by atoms with Crippen LogP contribution < -0.4 is 0 Å². The minimum atomic E-state index is -3.83. The third-order valence-corrected chi connectivity index (χ3v) is 6.87. The maximum absolute atomic E-state index is 13.0. The van der Waals surface area contributed by atoms with Gasteiger partial charge in [-0.05, 0) is 49.2 Å². The first-order valence-corrected chi connectivity index (χ1v) is 10.9. The highest BCUT2D eigenvalue weighted by Crippen LogP contribution is 2.29. The summed E-state index contributed by atoms with van der Waals surface area (Å²) in [6.45, 7) is 3.94. The van der Waals surface area contributed by atoms with Gasteiger partial charge in [-0.3, -0.25) is 4.79 Å². The summed E-state index contributed by atoms with van der Waals surface area (Å²) in [5.41, 5.74) is 1.01. The molecule has 1 heterocycles. The molecular weight excluding hydrogens is 398 g/mol. The second-order valence-corrected chi connectivity index (χ2v) is 9.28. The maximum atomic E-state index is 13.0. The van der Waals surface area contributed by atoms with Crippen LogP contribution in [-0.2, 0) is 28.4 Å². The Bertz CT molecular complexity index is 949. The van der Waals surface area contributed by atoms with Crippen LogP contribution in [0, 0.1) is 0 Å². The summed E-state index contributed by atoms with van der Waals surface area (Å²) in [5.74, 6) is -0.205. The number of nitrogens with zero attached hydrogens (tertiary/aromatic N) is 3. The van der Waals surface area contributed by atoms with Crippen LogP contribution in [0.25, 0.3) is 0 Å². The van der Waals surface area contributed by atoms with E-state index in [0.29, 0.717) is 11.6 Å². The van der Waals surface area contributed by atoms with Gasteiger partial charge in [-0.1, -0.05) is 17.7 Å². The van der Waals surface area contributed by atoms with Gasteiger partial charge in [0.15, 0.2) is 0 Å². The van der Waals surface area contributed by atoms with Crippen LogP contribution in [0.15, 0.2) is 60.1 Å². The van der Waals surface area contributed by atoms with Crippen molar-refractivity contribution in [3.63, 3.8) is 0 Å². The Balaban J connectivity index is 1.80. The van der Waals surface area contributed by atoms with Gasteiger partial charge in [0.25, 0.3) is 0 Å². The zero-order valence-electron chi connectivity index (χ0n) is 15.8. The summed E-state index contributed by atoms with van der Waals surface area (Å²) in [6.07, 6.45) is 5.31. The van der Waals surface area contributed by atoms with Crippen LogP contribution in [0.4, 0.5) is 0 Å². The molecule has 0 N–H and O–H groups in total. The number of halogens is 1. The van der Waals surface area contributed by atoms with E-state index in [2.05, 4.69) is 6.58 Å². The predicted octanol–water partition coefficient (Wildman–Crippen LogP) is 3.05. The van der Waals surface area contributed by atoms with Crippen molar-refractivity contribution in [2.75, 3.05) is 13.1 Å². The van der Waals surface area contributed by atoms with Crippen LogP contribution in [0.2, 0.25) is 5.02 Å². The zero-order chi connectivity index (χ0) is 20.3. The molecule has 0 radical (unpaired) electrons. The molecule has 3 rings (SSSR count). The van der Waals surface area contributed by atoms with E-state index in [-0.39, 0.29) is 29.9 Å². The van der Waals surface area contributed by atoms with Crippen molar-refractivity contribution in [3.8, 4) is 0 Å². The molecule has 150 valence electrons. The molecule has 1 aromatic carbocycles. The molecule has 0 spiro atoms. The van der Waals surface area contributed by atoms with E-state index in [9.17, 15) is 13.2 Å². The quantitative estimate of drug-likeness (QED) is 0.584. The Labute approximate surface area is 171 Å². The van der Waals surface area contributed by atoms with Gasteiger partial charge in [0.1, 0.15) is 0 Å². The van der Waals surface area contributed by atoms with E-state index in [1.807, 2.05) is 29.9 Å². The number of benzene rings is 1. The normalized spacial score (nSPS) is 14.2. The lowest BCUT2D eigenvalue weighted by Gasteiger charge is -2.27. The molecule has 1 aliphatic rings. The Morgan fingerprint density at radius 2 is 1.96 bits per heavy atom. The molecule has 6 nitrogen and oxygen atoms in total. The van der Waals surface area contributed by atoms with E-state index >= 15 is 0 Å². The highest BCUT2D eigenvalue weighted by Gasteiger charge is 2.35. The molecule has 8 heteroatoms. The fraction of sp³-hybridized carbons (Fsp3) is 0.350. The first-order valence-electron chi connectivity index (χ1n) is 9.09. The van der Waals surface area contributed by atoms with Crippen molar-refractivity contribution in [3.05, 3.63) is 66.0 Å². The fourth-order valence-corrected chi connectivity index (χ4v) is 4.52. The standard InChI is InChI=1S/C20H24ClN3O3S/c1-3-12-23(28(26,27)19-10-6-16(21)7-11-19)15-20(25)24(17-8-9-17)14-18-5-4-13-22(18)2/h3-7,10-11,13,17H,1,8-9,12,14-15H2,2H3. The largest absolute Gasteiger partial charge is 0.353 e. The average molecular weight is 422 g/mol. The Morgan fingerprint density at radius 3 is 2.50 bits per heavy atom. The molecule has 1 amide bonds. The lowest BCUT2D eigenvalue weighted by molar-refractivity contribution is -0.132. The number of carbonyl (C=O) groups excluding carboxylic acids is 1. The molecule has 1 saturated carbocycles. The molecule has 28 heavy (non-hydrogen) atoms. The van der Waals surface area contributed by atoms with Gasteiger partial charge in [-0.2, -0.15) is 4.31 Å². The number of rotatable bonds is 9. The summed E-state index contributed by atoms with van der Waals surface area (Å²) in [4.78, 5) is 14.9. The molecule has 1 aliphatic carbocycles. The van der Waals surface area contributed by atoms with Crippen LogP contribution in [-0.4, -0.2) is 47.2 Å². The van der Waals surface area contributed by atoms with Crippen molar-refractivity contribution in [2.45, 2.75) is 30.3 Å². The molecule has 0 atom stereocenters. The minimum absolute atomic E-state index is 0.0549. The molecule has 0 saturated heterocycles. The number of sulfonamides is 1. The summed E-state index contributed by atoms with van der Waals surface area (Å²) in [5, 5.41) is 0.452. The molecule has 0 unspecified atom stereocenters. The SMILES string of the molecule is C=CCN(CC(=O)N(Cc1cccn1C)C1CC1)S(=O)(=O)c1ccc(Cl)cc1. The van der Waals surface area contributed by atoms with Crippen LogP contribution in [0.5, 0.6) is 0 Å². The van der Waals surface area contributed by atoms with Crippen molar-refractivity contribution in [1.29, 1.82) is 0 Å². The van der Waals surface area contributed by atoms with Gasteiger partial charge in [-0.15, -0.1) is 6.58 Å². The van der Waals surface area contributed by atoms with Gasteiger partial charge in [0.2, 0.25) is 15.9 Å². The lowest BCUT2D eigenvalue weighted by Crippen LogP contribution is -2.43. The van der Waals surface area contributed by atoms with E-state index < -0.39 is 10.0 Å². The van der Waals surface area contributed by atoms with Gasteiger partial charge in [-0.25, -0.2) is 8.42 Å². The van der Waals surface area contributed by atoms with E-state index in [1.165, 1.54) is 30.3 Å². The van der Waals surface area contributed by atoms with Gasteiger partial charge < -0.3 is 9.47 Å². The monoisotopic (exact) mass is 421 g/mol. The Kier molecular flexibility index (Phi) is 6.27. The maximum Gasteiger partial charge on any atom is 0.243 e. The Morgan fingerprint density at radius 1 is 1.29 bits per heavy atom. The Hall–Kier alpha value is -2.09. The molecule has 0 bridgehead atoms. The smallest absolute Gasteiger partial charge is 0.243 e. The number of amides is 1. The highest BCUT2D eigenvalue weighted by molar-refractivity contribution is 7.89. The van der Waals surface area contributed by atoms with Crippen molar-refractivity contribution < 1.29 is 13.2 Å². The number of hydrogen-bond donors (Lipinski definition) is 0. The van der Waals surface area contributed by atoms with E-state index in [1.54, 1.807) is 4.90 Å². The molecule has 0 aliphatic heterocycles. The third kappa shape index (κ3) is 4.66. The molecule has 1 fully saturated rings. The summed E-state index contributed by atoms with van der Waals surface area (Å²) in [7, 11) is -1.90. The summed E-state index contributed by atoms with van der Waals surface area (Å²) >= 11 is 5.86. The topological polar surface area (TPSA) is 62.6 Å². The summed E-state index contributed by atoms with van der Waals surface area (Å²) in [6, 6.07) is 10.0. The predicted molar refractivity (Wildman–Crippen MR) is 109 cm³/mol. The van der Waals surface area contributed by atoms with Crippen LogP contribution in [0.1, 0.15) is 18.5 Å². The van der Waals surface area contributed by atoms with Gasteiger partial charge >= 0.3 is 0 Å². The van der Waals surface area contributed by atoms with E-state index in [4.69, 9.17) is 11.6 Å². The molecule has 2 aromatic rings. The average Bonchev–Trinajstić information content (AvgIpc) is 3.42. The highest BCUT2D eigenvalue weighted by atomic mass is 35.5. The van der Waals surface area contributed by atoms with Crippen molar-refractivity contribution in [2.24, 2.45) is 7.05 Å². The minimum Gasteiger partial charge on any atom is -0.353 e. The second-order valence-electron chi connectivity index (χ2n) is 6.90. The first kappa shape index (κ1) is 20.6. The number of aryl methyl sites for hydroxylation is 1. The second kappa shape index (κ2) is 8.51. The number of hydrogen-bond acceptors (Lipinski definition) is 3.